The number of aryl methyl sites for hydroxylation is 2. The average Bonchev–Trinajstić information content (AvgIpc) is 2.98. The Morgan fingerprint density at radius 2 is 2.12 bits per heavy atom. The van der Waals surface area contributed by atoms with Gasteiger partial charge in [-0.15, -0.1) is 11.3 Å². The third-order valence-electron chi connectivity index (χ3n) is 4.65. The number of hydrogen-bond donors (Lipinski definition) is 1. The molecule has 6 heteroatoms. The molecule has 0 spiro atoms. The van der Waals surface area contributed by atoms with Gasteiger partial charge in [0.1, 0.15) is 16.9 Å². The summed E-state index contributed by atoms with van der Waals surface area (Å²) in [5, 5.41) is 13.5. The van der Waals surface area contributed by atoms with Crippen molar-refractivity contribution >= 4 is 33.1 Å². The molecule has 26 heavy (non-hydrogen) atoms. The summed E-state index contributed by atoms with van der Waals surface area (Å²) in [6.45, 7) is 1.80. The fraction of sp³-hybridized carbons (Fsp3) is 0.250. The SMILES string of the molecule is Cc1cc(C(=O)Nc2sc3c(c2C#N)CCCC3)c2cc(F)ccc2n1. The minimum atomic E-state index is -0.415. The molecule has 0 fully saturated rings. The van der Waals surface area contributed by atoms with E-state index in [1.54, 1.807) is 19.1 Å². The Bertz CT molecular complexity index is 1080. The molecule has 2 aromatic heterocycles. The van der Waals surface area contributed by atoms with Gasteiger partial charge in [0.05, 0.1) is 16.6 Å². The van der Waals surface area contributed by atoms with E-state index in [0.29, 0.717) is 32.7 Å². The van der Waals surface area contributed by atoms with Crippen LogP contribution in [0.15, 0.2) is 24.3 Å². The monoisotopic (exact) mass is 365 g/mol. The number of benzene rings is 1. The van der Waals surface area contributed by atoms with E-state index in [1.165, 1.54) is 28.3 Å². The largest absolute Gasteiger partial charge is 0.312 e. The van der Waals surface area contributed by atoms with Gasteiger partial charge in [0.15, 0.2) is 0 Å². The number of pyridine rings is 1. The highest BCUT2D eigenvalue weighted by atomic mass is 32.1. The normalized spacial score (nSPS) is 13.3. The first kappa shape index (κ1) is 16.7. The van der Waals surface area contributed by atoms with E-state index in [2.05, 4.69) is 16.4 Å². The second-order valence-electron chi connectivity index (χ2n) is 6.45. The van der Waals surface area contributed by atoms with Crippen molar-refractivity contribution in [3.05, 3.63) is 57.3 Å². The smallest absolute Gasteiger partial charge is 0.257 e. The van der Waals surface area contributed by atoms with E-state index in [-0.39, 0.29) is 5.91 Å². The predicted octanol–water partition coefficient (Wildman–Crippen LogP) is 4.75. The summed E-state index contributed by atoms with van der Waals surface area (Å²) in [4.78, 5) is 18.5. The van der Waals surface area contributed by atoms with Crippen LogP contribution in [-0.4, -0.2) is 10.9 Å². The summed E-state index contributed by atoms with van der Waals surface area (Å²) in [5.74, 6) is -0.761. The zero-order valence-corrected chi connectivity index (χ0v) is 15.0. The molecule has 4 nitrogen and oxygen atoms in total. The van der Waals surface area contributed by atoms with Crippen LogP contribution in [0.1, 0.15) is 44.9 Å². The number of aromatic nitrogens is 1. The number of halogens is 1. The van der Waals surface area contributed by atoms with Gasteiger partial charge < -0.3 is 5.32 Å². The molecule has 4 rings (SSSR count). The third kappa shape index (κ3) is 2.85. The van der Waals surface area contributed by atoms with Crippen LogP contribution in [0.4, 0.5) is 9.39 Å². The summed E-state index contributed by atoms with van der Waals surface area (Å²) >= 11 is 1.48. The third-order valence-corrected chi connectivity index (χ3v) is 5.86. The van der Waals surface area contributed by atoms with E-state index in [9.17, 15) is 14.4 Å². The Kier molecular flexibility index (Phi) is 4.17. The molecule has 1 amide bonds. The summed E-state index contributed by atoms with van der Waals surface area (Å²) in [7, 11) is 0. The van der Waals surface area contributed by atoms with Gasteiger partial charge >= 0.3 is 0 Å². The highest BCUT2D eigenvalue weighted by Crippen LogP contribution is 2.38. The maximum Gasteiger partial charge on any atom is 0.257 e. The number of nitriles is 1. The van der Waals surface area contributed by atoms with Crippen molar-refractivity contribution in [2.45, 2.75) is 32.6 Å². The molecule has 0 bridgehead atoms. The van der Waals surface area contributed by atoms with Crippen molar-refractivity contribution in [3.8, 4) is 6.07 Å². The van der Waals surface area contributed by atoms with Crippen LogP contribution in [0, 0.1) is 24.1 Å². The van der Waals surface area contributed by atoms with Crippen LogP contribution >= 0.6 is 11.3 Å². The fourth-order valence-electron chi connectivity index (χ4n) is 3.46. The van der Waals surface area contributed by atoms with Gasteiger partial charge in [0.25, 0.3) is 5.91 Å². The molecular formula is C20H16FN3OS. The molecule has 0 aliphatic heterocycles. The minimum absolute atomic E-state index is 0.346. The second kappa shape index (κ2) is 6.50. The molecule has 0 atom stereocenters. The fourth-order valence-corrected chi connectivity index (χ4v) is 4.70. The highest BCUT2D eigenvalue weighted by molar-refractivity contribution is 7.16. The number of nitrogens with zero attached hydrogens (tertiary/aromatic N) is 2. The summed E-state index contributed by atoms with van der Waals surface area (Å²) < 4.78 is 13.7. The highest BCUT2D eigenvalue weighted by Gasteiger charge is 2.23. The quantitative estimate of drug-likeness (QED) is 0.713. The molecular weight excluding hydrogens is 349 g/mol. The van der Waals surface area contributed by atoms with Crippen molar-refractivity contribution in [1.29, 1.82) is 5.26 Å². The lowest BCUT2D eigenvalue weighted by Crippen LogP contribution is -2.13. The number of hydrogen-bond acceptors (Lipinski definition) is 4. The zero-order chi connectivity index (χ0) is 18.3. The van der Waals surface area contributed by atoms with Crippen molar-refractivity contribution in [2.75, 3.05) is 5.32 Å². The molecule has 1 N–H and O–H groups in total. The van der Waals surface area contributed by atoms with Crippen molar-refractivity contribution in [1.82, 2.24) is 4.98 Å². The molecule has 2 heterocycles. The number of nitrogens with one attached hydrogen (secondary N) is 1. The molecule has 0 radical (unpaired) electrons. The van der Waals surface area contributed by atoms with Crippen LogP contribution in [0.25, 0.3) is 10.9 Å². The number of carbonyl (C=O) groups is 1. The number of thiophene rings is 1. The Labute approximate surface area is 154 Å². The lowest BCUT2D eigenvalue weighted by Gasteiger charge is -2.09. The zero-order valence-electron chi connectivity index (χ0n) is 14.2. The van der Waals surface area contributed by atoms with Crippen molar-refractivity contribution in [2.24, 2.45) is 0 Å². The Hall–Kier alpha value is -2.78. The average molecular weight is 365 g/mol. The Morgan fingerprint density at radius 3 is 2.92 bits per heavy atom. The minimum Gasteiger partial charge on any atom is -0.312 e. The van der Waals surface area contributed by atoms with Crippen LogP contribution in [0.2, 0.25) is 0 Å². The van der Waals surface area contributed by atoms with Gasteiger partial charge in [-0.25, -0.2) is 4.39 Å². The number of fused-ring (bicyclic) bond motifs is 2. The topological polar surface area (TPSA) is 65.8 Å². The van der Waals surface area contributed by atoms with Crippen molar-refractivity contribution in [3.63, 3.8) is 0 Å². The van der Waals surface area contributed by atoms with Gasteiger partial charge in [0.2, 0.25) is 0 Å². The van der Waals surface area contributed by atoms with E-state index in [4.69, 9.17) is 0 Å². The molecule has 130 valence electrons. The Morgan fingerprint density at radius 1 is 1.31 bits per heavy atom. The molecule has 1 aromatic carbocycles. The lowest BCUT2D eigenvalue weighted by molar-refractivity contribution is 0.102. The van der Waals surface area contributed by atoms with Crippen LogP contribution in [0.3, 0.4) is 0 Å². The number of amides is 1. The molecule has 0 saturated heterocycles. The maximum atomic E-state index is 13.7. The van der Waals surface area contributed by atoms with E-state index in [0.717, 1.165) is 31.2 Å². The van der Waals surface area contributed by atoms with Crippen LogP contribution in [-0.2, 0) is 12.8 Å². The number of rotatable bonds is 2. The second-order valence-corrected chi connectivity index (χ2v) is 7.56. The number of anilines is 1. The van der Waals surface area contributed by atoms with Crippen LogP contribution in [0.5, 0.6) is 0 Å². The van der Waals surface area contributed by atoms with E-state index >= 15 is 0 Å². The van der Waals surface area contributed by atoms with Crippen LogP contribution < -0.4 is 5.32 Å². The van der Waals surface area contributed by atoms with Gasteiger partial charge in [0, 0.05) is 16.0 Å². The van der Waals surface area contributed by atoms with Gasteiger partial charge in [-0.05, 0) is 62.4 Å². The molecule has 3 aromatic rings. The standard InChI is InChI=1S/C20H16FN3OS/c1-11-8-15(14-9-12(21)6-7-17(14)23-11)19(25)24-20-16(10-22)13-4-2-3-5-18(13)26-20/h6-9H,2-5H2,1H3,(H,24,25). The van der Waals surface area contributed by atoms with E-state index in [1.807, 2.05) is 0 Å². The lowest BCUT2D eigenvalue weighted by atomic mass is 9.96. The molecule has 1 aliphatic rings. The number of carbonyl (C=O) groups excluding carboxylic acids is 1. The van der Waals surface area contributed by atoms with Crippen molar-refractivity contribution < 1.29 is 9.18 Å². The summed E-state index contributed by atoms with van der Waals surface area (Å²) in [5.41, 5.74) is 3.25. The molecule has 0 unspecified atom stereocenters. The summed E-state index contributed by atoms with van der Waals surface area (Å²) in [6.07, 6.45) is 4.01. The first-order valence-electron chi connectivity index (χ1n) is 8.49. The molecule has 0 saturated carbocycles. The predicted molar refractivity (Wildman–Crippen MR) is 100 cm³/mol. The van der Waals surface area contributed by atoms with Gasteiger partial charge in [-0.1, -0.05) is 0 Å². The first-order chi connectivity index (χ1) is 12.6. The first-order valence-corrected chi connectivity index (χ1v) is 9.31. The van der Waals surface area contributed by atoms with Gasteiger partial charge in [-0.3, -0.25) is 9.78 Å². The summed E-state index contributed by atoms with van der Waals surface area (Å²) in [6, 6.07) is 8.11. The van der Waals surface area contributed by atoms with E-state index < -0.39 is 5.82 Å². The Balaban J connectivity index is 1.76. The van der Waals surface area contributed by atoms with Gasteiger partial charge in [-0.2, -0.15) is 5.26 Å². The molecule has 1 aliphatic carbocycles. The maximum absolute atomic E-state index is 13.7.